The van der Waals surface area contributed by atoms with Gasteiger partial charge in [0.2, 0.25) is 0 Å². The van der Waals surface area contributed by atoms with Crippen LogP contribution in [0.15, 0.2) is 18.2 Å². The van der Waals surface area contributed by atoms with Gasteiger partial charge >= 0.3 is 11.7 Å². The summed E-state index contributed by atoms with van der Waals surface area (Å²) in [6.45, 7) is 2.91. The van der Waals surface area contributed by atoms with E-state index in [1.807, 2.05) is 0 Å². The van der Waals surface area contributed by atoms with E-state index in [0.717, 1.165) is 12.1 Å². The van der Waals surface area contributed by atoms with E-state index >= 15 is 0 Å². The van der Waals surface area contributed by atoms with Crippen LogP contribution < -0.4 is 0 Å². The Labute approximate surface area is 91.3 Å². The average molecular weight is 226 g/mol. The molecule has 0 bridgehead atoms. The molecule has 0 aromatic heterocycles. The number of rotatable bonds is 3. The first-order valence-corrected chi connectivity index (χ1v) is 4.50. The van der Waals surface area contributed by atoms with Crippen LogP contribution in [0.5, 0.6) is 5.75 Å². The van der Waals surface area contributed by atoms with Gasteiger partial charge in [0.05, 0.1) is 10.3 Å². The van der Waals surface area contributed by atoms with E-state index in [1.165, 1.54) is 19.9 Å². The number of phenolic OH excluding ortho intramolecular Hbond substituents is 1. The van der Waals surface area contributed by atoms with Gasteiger partial charge in [-0.1, -0.05) is 6.07 Å². The van der Waals surface area contributed by atoms with Crippen molar-refractivity contribution in [3.63, 3.8) is 0 Å². The van der Waals surface area contributed by atoms with Crippen LogP contribution in [0.1, 0.15) is 19.4 Å². The number of carboxylic acid groups (broad SMARTS) is 1. The van der Waals surface area contributed by atoms with Gasteiger partial charge in [-0.15, -0.1) is 0 Å². The molecule has 0 saturated heterocycles. The number of aromatic hydroxyl groups is 1. The van der Waals surface area contributed by atoms with Gasteiger partial charge in [-0.05, 0) is 25.5 Å². The number of nitrogens with zero attached hydrogens (tertiary/aromatic N) is 1. The molecule has 3 N–H and O–H groups in total. The van der Waals surface area contributed by atoms with Crippen molar-refractivity contribution < 1.29 is 25.1 Å². The number of phenols is 1. The first-order chi connectivity index (χ1) is 7.26. The van der Waals surface area contributed by atoms with Crippen molar-refractivity contribution in [1.82, 2.24) is 0 Å². The van der Waals surface area contributed by atoms with Crippen LogP contribution in [0, 0.1) is 4.91 Å². The topological polar surface area (TPSA) is 97.8 Å². The Morgan fingerprint density at radius 2 is 1.94 bits per heavy atom. The molecule has 6 nitrogen and oxygen atoms in total. The highest BCUT2D eigenvalue weighted by Gasteiger charge is 2.32. The van der Waals surface area contributed by atoms with E-state index < -0.39 is 22.1 Å². The maximum Gasteiger partial charge on any atom is 0.358 e. The Morgan fingerprint density at radius 3 is 2.38 bits per heavy atom. The second kappa shape index (κ2) is 3.80. The number of hydrogen-bond donors (Lipinski definition) is 3. The molecular formula is C10H12NO5+. The molecule has 0 fully saturated rings. The van der Waals surface area contributed by atoms with Crippen molar-refractivity contribution in [2.45, 2.75) is 19.3 Å². The molecule has 0 saturated carbocycles. The molecule has 0 aliphatic carbocycles. The van der Waals surface area contributed by atoms with E-state index in [9.17, 15) is 14.8 Å². The Morgan fingerprint density at radius 1 is 1.38 bits per heavy atom. The monoisotopic (exact) mass is 226 g/mol. The van der Waals surface area contributed by atoms with Crippen molar-refractivity contribution in [3.05, 3.63) is 28.7 Å². The normalized spacial score (nSPS) is 11.1. The van der Waals surface area contributed by atoms with E-state index in [4.69, 9.17) is 10.3 Å². The molecule has 0 aliphatic rings. The van der Waals surface area contributed by atoms with Gasteiger partial charge in [0.15, 0.2) is 5.75 Å². The van der Waals surface area contributed by atoms with E-state index in [2.05, 4.69) is 0 Å². The number of carbonyl (C=O) groups is 1. The summed E-state index contributed by atoms with van der Waals surface area (Å²) < 4.78 is 0. The zero-order chi connectivity index (χ0) is 12.5. The Kier molecular flexibility index (Phi) is 2.84. The molecule has 0 spiro atoms. The maximum absolute atomic E-state index is 11.0. The van der Waals surface area contributed by atoms with Gasteiger partial charge in [0.1, 0.15) is 0 Å². The summed E-state index contributed by atoms with van der Waals surface area (Å²) in [6, 6.07) is 3.68. The smallest absolute Gasteiger partial charge is 0.358 e. The molecule has 0 unspecified atom stereocenters. The first kappa shape index (κ1) is 12.0. The molecule has 1 rings (SSSR count). The second-order valence-electron chi connectivity index (χ2n) is 3.91. The van der Waals surface area contributed by atoms with Gasteiger partial charge in [0, 0.05) is 6.07 Å². The molecule has 1 aromatic carbocycles. The van der Waals surface area contributed by atoms with E-state index in [0.29, 0.717) is 5.56 Å². The van der Waals surface area contributed by atoms with Gasteiger partial charge < -0.3 is 10.2 Å². The molecule has 0 radical (unpaired) electrons. The standard InChI is InChI=1S/C10H11NO5/c1-10(2,9(13)14)6-3-4-8(12)7(5-6)11(15)16/h3-5H,1-2H3,(H2-,12,13,14,15,16)/p+1. The zero-order valence-electron chi connectivity index (χ0n) is 8.84. The van der Waals surface area contributed by atoms with Crippen LogP contribution in [0.3, 0.4) is 0 Å². The summed E-state index contributed by atoms with van der Waals surface area (Å²) in [4.78, 5) is 21.1. The average Bonchev–Trinajstić information content (AvgIpc) is 2.17. The van der Waals surface area contributed by atoms with Crippen LogP contribution in [-0.4, -0.2) is 26.3 Å². The molecule has 1 aromatic rings. The molecular weight excluding hydrogens is 214 g/mol. The lowest BCUT2D eigenvalue weighted by molar-refractivity contribution is -0.730. The fourth-order valence-electron chi connectivity index (χ4n) is 1.19. The Hall–Kier alpha value is -2.11. The third-order valence-corrected chi connectivity index (χ3v) is 2.44. The lowest BCUT2D eigenvalue weighted by atomic mass is 9.84. The molecule has 6 heteroatoms. The molecule has 86 valence electrons. The summed E-state index contributed by atoms with van der Waals surface area (Å²) in [5.41, 5.74) is -1.28. The van der Waals surface area contributed by atoms with Gasteiger partial charge in [0.25, 0.3) is 4.92 Å². The molecule has 16 heavy (non-hydrogen) atoms. The molecule has 0 atom stereocenters. The summed E-state index contributed by atoms with van der Waals surface area (Å²) >= 11 is 0. The molecule has 0 aliphatic heterocycles. The predicted molar refractivity (Wildman–Crippen MR) is 53.8 cm³/mol. The Balaban J connectivity index is 3.33. The quantitative estimate of drug-likeness (QED) is 0.679. The summed E-state index contributed by atoms with van der Waals surface area (Å²) in [7, 11) is 0. The van der Waals surface area contributed by atoms with Crippen LogP contribution in [-0.2, 0) is 10.2 Å². The highest BCUT2D eigenvalue weighted by Crippen LogP contribution is 2.32. The van der Waals surface area contributed by atoms with Gasteiger partial charge in [-0.3, -0.25) is 4.79 Å². The minimum absolute atomic E-state index is 0.308. The SMILES string of the molecule is CC(C)(C(=O)O)c1ccc(O)c([N+](=O)O)c1. The number of hydrogen-bond acceptors (Lipinski definition) is 3. The number of carboxylic acids is 1. The molecule has 0 amide bonds. The predicted octanol–water partition coefficient (Wildman–Crippen LogP) is 1.55. The second-order valence-corrected chi connectivity index (χ2v) is 3.91. The minimum atomic E-state index is -1.21. The van der Waals surface area contributed by atoms with Gasteiger partial charge in [-0.2, -0.15) is 0 Å². The van der Waals surface area contributed by atoms with Crippen LogP contribution in [0.2, 0.25) is 0 Å². The first-order valence-electron chi connectivity index (χ1n) is 4.50. The third-order valence-electron chi connectivity index (χ3n) is 2.44. The summed E-state index contributed by atoms with van der Waals surface area (Å²) in [5, 5.41) is 26.9. The van der Waals surface area contributed by atoms with Crippen molar-refractivity contribution in [1.29, 1.82) is 0 Å². The molecule has 0 heterocycles. The summed E-state index contributed by atoms with van der Waals surface area (Å²) in [6.07, 6.45) is 0. The van der Waals surface area contributed by atoms with Crippen molar-refractivity contribution >= 4 is 11.7 Å². The maximum atomic E-state index is 11.0. The largest absolute Gasteiger partial charge is 0.502 e. The highest BCUT2D eigenvalue weighted by molar-refractivity contribution is 5.80. The van der Waals surface area contributed by atoms with Crippen LogP contribution in [0.4, 0.5) is 5.69 Å². The van der Waals surface area contributed by atoms with E-state index in [-0.39, 0.29) is 5.69 Å². The highest BCUT2D eigenvalue weighted by atomic mass is 16.6. The zero-order valence-corrected chi connectivity index (χ0v) is 8.84. The lowest BCUT2D eigenvalue weighted by Crippen LogP contribution is -2.28. The fraction of sp³-hybridized carbons (Fsp3) is 0.300. The number of benzene rings is 1. The van der Waals surface area contributed by atoms with Crippen molar-refractivity contribution in [3.8, 4) is 5.75 Å². The van der Waals surface area contributed by atoms with Crippen molar-refractivity contribution in [2.24, 2.45) is 0 Å². The third kappa shape index (κ3) is 1.95. The summed E-state index contributed by atoms with van der Waals surface area (Å²) in [5.74, 6) is -1.48. The van der Waals surface area contributed by atoms with Gasteiger partial charge in [-0.25, -0.2) is 5.21 Å². The number of aliphatic carboxylic acids is 1. The van der Waals surface area contributed by atoms with Crippen LogP contribution >= 0.6 is 0 Å². The van der Waals surface area contributed by atoms with Crippen molar-refractivity contribution in [2.75, 3.05) is 0 Å². The van der Waals surface area contributed by atoms with E-state index in [1.54, 1.807) is 0 Å². The minimum Gasteiger partial charge on any atom is -0.502 e. The fourth-order valence-corrected chi connectivity index (χ4v) is 1.19. The lowest BCUT2D eigenvalue weighted by Gasteiger charge is -2.18. The Bertz CT molecular complexity index is 453. The van der Waals surface area contributed by atoms with Crippen LogP contribution in [0.25, 0.3) is 0 Å².